The van der Waals surface area contributed by atoms with E-state index in [1.807, 2.05) is 20.8 Å². The maximum atomic E-state index is 12.1. The molecule has 2 atom stereocenters. The Kier molecular flexibility index (Phi) is 7.32. The maximum Gasteiger partial charge on any atom is 0.220 e. The summed E-state index contributed by atoms with van der Waals surface area (Å²) >= 11 is 1.66. The normalized spacial score (nSPS) is 14.2. The smallest absolute Gasteiger partial charge is 0.220 e. The zero-order valence-electron chi connectivity index (χ0n) is 13.9. The van der Waals surface area contributed by atoms with E-state index in [4.69, 9.17) is 5.73 Å². The Morgan fingerprint density at radius 3 is 2.43 bits per heavy atom. The highest BCUT2D eigenvalue weighted by molar-refractivity contribution is 7.11. The van der Waals surface area contributed by atoms with Crippen molar-refractivity contribution in [2.24, 2.45) is 17.6 Å². The van der Waals surface area contributed by atoms with E-state index >= 15 is 0 Å². The number of carbonyl (C=O) groups excluding carboxylic acids is 1. The number of hydrogen-bond donors (Lipinski definition) is 2. The van der Waals surface area contributed by atoms with Gasteiger partial charge in [-0.05, 0) is 52.0 Å². The molecule has 0 aliphatic rings. The number of aromatic nitrogens is 1. The monoisotopic (exact) mass is 311 g/mol. The molecule has 2 unspecified atom stereocenters. The molecule has 1 heterocycles. The molecule has 0 aliphatic heterocycles. The van der Waals surface area contributed by atoms with E-state index in [1.165, 1.54) is 0 Å². The summed E-state index contributed by atoms with van der Waals surface area (Å²) in [6.07, 6.45) is 2.48. The third-order valence-electron chi connectivity index (χ3n) is 3.93. The highest BCUT2D eigenvalue weighted by atomic mass is 32.1. The average Bonchev–Trinajstić information content (AvgIpc) is 2.73. The molecule has 0 spiro atoms. The predicted molar refractivity (Wildman–Crippen MR) is 89.4 cm³/mol. The second-order valence-electron chi connectivity index (χ2n) is 6.09. The van der Waals surface area contributed by atoms with Crippen LogP contribution in [-0.4, -0.2) is 17.4 Å². The Balaban J connectivity index is 2.48. The van der Waals surface area contributed by atoms with Crippen molar-refractivity contribution in [2.75, 3.05) is 6.54 Å². The largest absolute Gasteiger partial charge is 0.349 e. The lowest BCUT2D eigenvalue weighted by Gasteiger charge is -2.20. The van der Waals surface area contributed by atoms with Gasteiger partial charge in [0, 0.05) is 11.3 Å². The van der Waals surface area contributed by atoms with Crippen molar-refractivity contribution in [1.82, 2.24) is 10.3 Å². The van der Waals surface area contributed by atoms with Gasteiger partial charge in [0.2, 0.25) is 5.91 Å². The average molecular weight is 311 g/mol. The van der Waals surface area contributed by atoms with Gasteiger partial charge in [-0.3, -0.25) is 4.79 Å². The summed E-state index contributed by atoms with van der Waals surface area (Å²) in [7, 11) is 0. The minimum Gasteiger partial charge on any atom is -0.349 e. The molecular formula is C16H29N3OS. The second kappa shape index (κ2) is 8.49. The molecule has 0 radical (unpaired) electrons. The summed E-state index contributed by atoms with van der Waals surface area (Å²) in [6.45, 7) is 11.1. The van der Waals surface area contributed by atoms with Crippen LogP contribution in [0.15, 0.2) is 0 Å². The number of nitrogens with one attached hydrogen (secondary N) is 1. The Morgan fingerprint density at radius 1 is 1.29 bits per heavy atom. The second-order valence-corrected chi connectivity index (χ2v) is 7.33. The van der Waals surface area contributed by atoms with Gasteiger partial charge >= 0.3 is 0 Å². The molecule has 0 aromatic carbocycles. The number of hydrogen-bond acceptors (Lipinski definition) is 4. The van der Waals surface area contributed by atoms with Crippen LogP contribution in [0.4, 0.5) is 0 Å². The molecule has 5 heteroatoms. The third-order valence-corrected chi connectivity index (χ3v) is 5.19. The van der Waals surface area contributed by atoms with E-state index in [0.717, 1.165) is 28.4 Å². The summed E-state index contributed by atoms with van der Waals surface area (Å²) in [5.74, 6) is 1.23. The number of rotatable bonds is 8. The Morgan fingerprint density at radius 2 is 1.95 bits per heavy atom. The lowest BCUT2D eigenvalue weighted by Crippen LogP contribution is -2.27. The van der Waals surface area contributed by atoms with Gasteiger partial charge in [0.05, 0.1) is 16.7 Å². The lowest BCUT2D eigenvalue weighted by molar-refractivity contribution is -0.122. The van der Waals surface area contributed by atoms with E-state index in [1.54, 1.807) is 11.3 Å². The minimum absolute atomic E-state index is 0.0377. The molecule has 4 nitrogen and oxygen atoms in total. The molecule has 0 saturated heterocycles. The Bertz CT molecular complexity index is 456. The van der Waals surface area contributed by atoms with Gasteiger partial charge in [0.15, 0.2) is 0 Å². The number of amides is 1. The molecule has 1 amide bonds. The maximum absolute atomic E-state index is 12.1. The first-order valence-electron chi connectivity index (χ1n) is 7.78. The molecule has 1 rings (SSSR count). The Labute approximate surface area is 132 Å². The van der Waals surface area contributed by atoms with Crippen molar-refractivity contribution in [2.45, 2.75) is 59.9 Å². The number of thiazole rings is 1. The van der Waals surface area contributed by atoms with E-state index in [-0.39, 0.29) is 11.9 Å². The summed E-state index contributed by atoms with van der Waals surface area (Å²) < 4.78 is 0. The van der Waals surface area contributed by atoms with Crippen molar-refractivity contribution in [1.29, 1.82) is 0 Å². The zero-order chi connectivity index (χ0) is 16.0. The van der Waals surface area contributed by atoms with Crippen LogP contribution in [0.25, 0.3) is 0 Å². The first-order valence-corrected chi connectivity index (χ1v) is 8.60. The molecule has 1 aromatic rings. The minimum atomic E-state index is 0.0377. The van der Waals surface area contributed by atoms with Crippen LogP contribution in [0, 0.1) is 25.7 Å². The van der Waals surface area contributed by atoms with Crippen molar-refractivity contribution in [3.8, 4) is 0 Å². The highest BCUT2D eigenvalue weighted by Crippen LogP contribution is 2.25. The van der Waals surface area contributed by atoms with Crippen molar-refractivity contribution < 1.29 is 4.79 Å². The fraction of sp³-hybridized carbons (Fsp3) is 0.750. The summed E-state index contributed by atoms with van der Waals surface area (Å²) in [5.41, 5.74) is 6.66. The highest BCUT2D eigenvalue weighted by Gasteiger charge is 2.18. The first-order chi connectivity index (χ1) is 9.85. The molecule has 0 saturated carbocycles. The third kappa shape index (κ3) is 5.75. The van der Waals surface area contributed by atoms with Crippen molar-refractivity contribution in [3.63, 3.8) is 0 Å². The van der Waals surface area contributed by atoms with Crippen molar-refractivity contribution >= 4 is 17.2 Å². The van der Waals surface area contributed by atoms with Gasteiger partial charge in [0.25, 0.3) is 0 Å². The molecule has 120 valence electrons. The van der Waals surface area contributed by atoms with Crippen LogP contribution < -0.4 is 11.1 Å². The quantitative estimate of drug-likeness (QED) is 0.773. The Hall–Kier alpha value is -0.940. The van der Waals surface area contributed by atoms with E-state index < -0.39 is 0 Å². The molecule has 21 heavy (non-hydrogen) atoms. The first kappa shape index (κ1) is 18.1. The SMILES string of the molecule is Cc1nc(C)c(C(C)NC(=O)CCC(CCN)C(C)C)s1. The van der Waals surface area contributed by atoms with Crippen LogP contribution in [0.3, 0.4) is 0 Å². The fourth-order valence-electron chi connectivity index (χ4n) is 2.67. The number of nitrogens with two attached hydrogens (primary N) is 1. The van der Waals surface area contributed by atoms with E-state index in [9.17, 15) is 4.79 Å². The van der Waals surface area contributed by atoms with Crippen LogP contribution in [0.1, 0.15) is 61.7 Å². The van der Waals surface area contributed by atoms with Crippen LogP contribution in [0.5, 0.6) is 0 Å². The molecule has 3 N–H and O–H groups in total. The van der Waals surface area contributed by atoms with Crippen LogP contribution in [0.2, 0.25) is 0 Å². The fourth-order valence-corrected chi connectivity index (χ4v) is 3.60. The predicted octanol–water partition coefficient (Wildman–Crippen LogP) is 3.34. The van der Waals surface area contributed by atoms with Crippen LogP contribution in [-0.2, 0) is 4.79 Å². The molecule has 1 aromatic heterocycles. The number of aryl methyl sites for hydroxylation is 2. The molecule has 0 bridgehead atoms. The van der Waals surface area contributed by atoms with Crippen molar-refractivity contribution in [3.05, 3.63) is 15.6 Å². The van der Waals surface area contributed by atoms with Gasteiger partial charge in [-0.15, -0.1) is 11.3 Å². The number of carbonyl (C=O) groups is 1. The van der Waals surface area contributed by atoms with E-state index in [0.29, 0.717) is 24.8 Å². The lowest BCUT2D eigenvalue weighted by atomic mass is 9.88. The molecular weight excluding hydrogens is 282 g/mol. The molecule has 0 aliphatic carbocycles. The van der Waals surface area contributed by atoms with Gasteiger partial charge in [-0.25, -0.2) is 4.98 Å². The summed E-state index contributed by atoms with van der Waals surface area (Å²) in [6, 6.07) is 0.0377. The van der Waals surface area contributed by atoms with Gasteiger partial charge in [0.1, 0.15) is 0 Å². The zero-order valence-corrected chi connectivity index (χ0v) is 14.7. The van der Waals surface area contributed by atoms with Gasteiger partial charge in [-0.2, -0.15) is 0 Å². The number of nitrogens with zero attached hydrogens (tertiary/aromatic N) is 1. The van der Waals surface area contributed by atoms with Crippen LogP contribution >= 0.6 is 11.3 Å². The molecule has 0 fully saturated rings. The van der Waals surface area contributed by atoms with E-state index in [2.05, 4.69) is 24.1 Å². The standard InChI is InChI=1S/C16H29N3OS/c1-10(2)14(8-9-17)6-7-15(20)19-12(4)16-11(3)18-13(5)21-16/h10,12,14H,6-9,17H2,1-5H3,(H,19,20). The summed E-state index contributed by atoms with van der Waals surface area (Å²) in [4.78, 5) is 17.7. The van der Waals surface area contributed by atoms with Gasteiger partial charge < -0.3 is 11.1 Å². The topological polar surface area (TPSA) is 68.0 Å². The van der Waals surface area contributed by atoms with Gasteiger partial charge in [-0.1, -0.05) is 13.8 Å². The summed E-state index contributed by atoms with van der Waals surface area (Å²) in [5, 5.41) is 4.13.